The zero-order valence-corrected chi connectivity index (χ0v) is 39.2. The molecule has 0 fully saturated rings. The molecule has 0 amide bonds. The van der Waals surface area contributed by atoms with Gasteiger partial charge in [0.05, 0.1) is 43.4 Å². The number of benzene rings is 2. The summed E-state index contributed by atoms with van der Waals surface area (Å²) in [5.41, 5.74) is 13.3. The molecule has 22 nitrogen and oxygen atoms in total. The van der Waals surface area contributed by atoms with E-state index in [2.05, 4.69) is 34.6 Å². The molecule has 4 aromatic heterocycles. The Bertz CT molecular complexity index is 2530. The summed E-state index contributed by atoms with van der Waals surface area (Å²) in [6, 6.07) is 16.9. The number of hydrogen-bond acceptors (Lipinski definition) is 19. The number of imidazole rings is 2. The number of nitrogens with two attached hydrogens (primary N) is 2. The molecule has 0 aliphatic carbocycles. The van der Waals surface area contributed by atoms with Gasteiger partial charge in [0, 0.05) is 6.42 Å². The van der Waals surface area contributed by atoms with Gasteiger partial charge in [-0.05, 0) is 58.9 Å². The quantitative estimate of drug-likeness (QED) is 0.0326. The number of anilines is 2. The Hall–Kier alpha value is -5.73. The number of nitrogen functional groups attached to an aromatic ring is 2. The van der Waals surface area contributed by atoms with Gasteiger partial charge in [0.25, 0.3) is 0 Å². The number of aromatic nitrogens is 8. The van der Waals surface area contributed by atoms with Crippen LogP contribution < -0.4 is 20.5 Å². The van der Waals surface area contributed by atoms with Crippen molar-refractivity contribution in [2.45, 2.75) is 73.3 Å². The van der Waals surface area contributed by atoms with Crippen molar-refractivity contribution < 1.29 is 56.1 Å². The molecule has 5 N–H and O–H groups in total. The van der Waals surface area contributed by atoms with E-state index >= 15 is 0 Å². The average Bonchev–Trinajstić information content (AvgIpc) is 3.88. The lowest BCUT2D eigenvalue weighted by Gasteiger charge is -2.21. The molecule has 6 aromatic rings. The van der Waals surface area contributed by atoms with Gasteiger partial charge in [-0.15, -0.1) is 0 Å². The third-order valence-electron chi connectivity index (χ3n) is 8.34. The van der Waals surface area contributed by atoms with Crippen molar-refractivity contribution in [2.24, 2.45) is 5.41 Å². The predicted molar refractivity (Wildman–Crippen MR) is 240 cm³/mol. The summed E-state index contributed by atoms with van der Waals surface area (Å²) in [6.45, 7) is 10.8. The van der Waals surface area contributed by atoms with Gasteiger partial charge in [-0.1, -0.05) is 54.9 Å². The molecule has 4 heterocycles. The number of carbonyl (C=O) groups is 2. The minimum Gasteiger partial charge on any atom is -0.449 e. The number of fused-ring (bicyclic) bond motifs is 2. The van der Waals surface area contributed by atoms with Gasteiger partial charge in [-0.3, -0.25) is 14.1 Å². The van der Waals surface area contributed by atoms with Gasteiger partial charge in [-0.25, -0.2) is 39.0 Å². The summed E-state index contributed by atoms with van der Waals surface area (Å²) in [6.07, 6.45) is 4.50. The van der Waals surface area contributed by atoms with E-state index in [9.17, 15) is 23.6 Å². The maximum atomic E-state index is 13.2. The molecule has 4 atom stereocenters. The summed E-state index contributed by atoms with van der Waals surface area (Å²) in [5.74, 6) is 0.502. The maximum Gasteiger partial charge on any atom is 0.407 e. The maximum absolute atomic E-state index is 13.2. The van der Waals surface area contributed by atoms with E-state index in [1.54, 1.807) is 124 Å². The van der Waals surface area contributed by atoms with E-state index in [-0.39, 0.29) is 36.7 Å². The molecule has 0 aliphatic heterocycles. The molecule has 0 bridgehead atoms. The second kappa shape index (κ2) is 24.5. The number of ether oxygens (including phenoxy) is 4. The highest BCUT2D eigenvalue weighted by molar-refractivity contribution is 7.54. The molecule has 0 spiro atoms. The van der Waals surface area contributed by atoms with Crippen molar-refractivity contribution in [1.82, 2.24) is 39.0 Å². The Morgan fingerprint density at radius 3 is 1.66 bits per heavy atom. The van der Waals surface area contributed by atoms with Crippen LogP contribution in [0.1, 0.15) is 48.0 Å². The van der Waals surface area contributed by atoms with Crippen LogP contribution in [0.25, 0.3) is 22.3 Å². The van der Waals surface area contributed by atoms with Crippen molar-refractivity contribution in [3.8, 4) is 11.5 Å². The lowest BCUT2D eigenvalue weighted by Crippen LogP contribution is -2.22. The predicted octanol–water partition coefficient (Wildman–Crippen LogP) is 6.78. The first-order valence-corrected chi connectivity index (χ1v) is 23.8. The van der Waals surface area contributed by atoms with Crippen molar-refractivity contribution in [3.05, 3.63) is 86.0 Å². The Labute approximate surface area is 380 Å². The normalized spacial score (nSPS) is 14.0. The van der Waals surface area contributed by atoms with E-state index in [0.717, 1.165) is 0 Å². The first kappa shape index (κ1) is 51.9. The fourth-order valence-electron chi connectivity index (χ4n) is 5.11. The SMILES string of the molecule is CC(C)(C)C(=O)OCCl.CC(Cn1cnc2c(N)ncnc21)OCP(=O)(O)Oc1ccccc1.CCC(=O)OCOP(=O)(COC(C)Cn1cnc2c(N)ncnc21)Oc1ccccc1. The minimum atomic E-state index is -3.91. The highest BCUT2D eigenvalue weighted by atomic mass is 35.5. The first-order valence-electron chi connectivity index (χ1n) is 19.8. The van der Waals surface area contributed by atoms with Crippen molar-refractivity contribution >= 4 is 72.7 Å². The first-order chi connectivity index (χ1) is 30.8. The lowest BCUT2D eigenvalue weighted by atomic mass is 9.98. The van der Waals surface area contributed by atoms with Crippen LogP contribution in [0.4, 0.5) is 11.6 Å². The second-order valence-electron chi connectivity index (χ2n) is 14.8. The number of esters is 2. The van der Waals surface area contributed by atoms with Crippen molar-refractivity contribution in [2.75, 3.05) is 37.0 Å². The van der Waals surface area contributed by atoms with Gasteiger partial charge in [0.1, 0.15) is 35.2 Å². The molecule has 25 heteroatoms. The van der Waals surface area contributed by atoms with Crippen molar-refractivity contribution in [1.29, 1.82) is 0 Å². The number of halogens is 1. The number of nitrogens with zero attached hydrogens (tertiary/aromatic N) is 8. The number of para-hydroxylation sites is 2. The average molecular weight is 963 g/mol. The van der Waals surface area contributed by atoms with Gasteiger partial charge in [0.15, 0.2) is 41.7 Å². The Balaban J connectivity index is 0.000000243. The number of rotatable bonds is 19. The smallest absolute Gasteiger partial charge is 0.407 e. The summed E-state index contributed by atoms with van der Waals surface area (Å²) in [5, 5.41) is 0. The summed E-state index contributed by atoms with van der Waals surface area (Å²) in [4.78, 5) is 56.5. The van der Waals surface area contributed by atoms with Gasteiger partial charge >= 0.3 is 27.1 Å². The molecule has 0 aliphatic rings. The zero-order chi connectivity index (χ0) is 47.6. The number of carbonyl (C=O) groups excluding carboxylic acids is 2. The van der Waals surface area contributed by atoms with Crippen molar-refractivity contribution in [3.63, 3.8) is 0 Å². The van der Waals surface area contributed by atoms with Crippen LogP contribution in [0.3, 0.4) is 0 Å². The highest BCUT2D eigenvalue weighted by Crippen LogP contribution is 2.48. The monoisotopic (exact) mass is 962 g/mol. The minimum absolute atomic E-state index is 0.0594. The van der Waals surface area contributed by atoms with E-state index in [0.29, 0.717) is 52.7 Å². The Morgan fingerprint density at radius 1 is 0.738 bits per heavy atom. The Morgan fingerprint density at radius 2 is 1.22 bits per heavy atom. The standard InChI is InChI=1S/C19H24N5O6P.C15H18N5O4P.C6H11ClO2/c1-3-16(25)27-12-29-31(26,30-15-7-5-4-6-8-15)13-28-14(2)9-24-11-23-17-18(20)21-10-22-19(17)24;1-11(7-20-9-19-13-14(16)17-8-18-15(13)20)23-10-25(21,22)24-12-5-3-2-4-6-12;1-6(2,3)5(8)9-4-7/h4-8,10-11,14H,3,9,12-13H2,1-2H3,(H2,20,21,22);2-6,8-9,11H,7,10H2,1H3,(H,21,22)(H2,16,17,18);4H2,1-3H3. The van der Waals surface area contributed by atoms with E-state index in [4.69, 9.17) is 50.9 Å². The third kappa shape index (κ3) is 17.0. The van der Waals surface area contributed by atoms with Gasteiger partial charge in [-0.2, -0.15) is 0 Å². The molecule has 0 saturated heterocycles. The molecule has 0 radical (unpaired) electrons. The van der Waals surface area contributed by atoms with Crippen LogP contribution in [0.5, 0.6) is 11.5 Å². The summed E-state index contributed by atoms with van der Waals surface area (Å²) in [7, 11) is -7.68. The van der Waals surface area contributed by atoms with Crippen LogP contribution in [0.2, 0.25) is 0 Å². The van der Waals surface area contributed by atoms with E-state index < -0.39 is 45.8 Å². The topological polar surface area (TPSA) is 292 Å². The zero-order valence-electron chi connectivity index (χ0n) is 36.6. The van der Waals surface area contributed by atoms with Gasteiger partial charge in [0.2, 0.25) is 6.79 Å². The molecular formula is C40H53ClN10O12P2. The molecule has 2 aromatic carbocycles. The fourth-order valence-corrected chi connectivity index (χ4v) is 7.43. The van der Waals surface area contributed by atoms with Crippen LogP contribution >= 0.6 is 26.8 Å². The largest absolute Gasteiger partial charge is 0.449 e. The molecule has 6 rings (SSSR count). The second-order valence-corrected chi connectivity index (χ2v) is 18.7. The number of alkyl halides is 1. The van der Waals surface area contributed by atoms with Crippen LogP contribution in [0, 0.1) is 5.41 Å². The number of hydrogen-bond donors (Lipinski definition) is 3. The Kier molecular flexibility index (Phi) is 19.6. The third-order valence-corrected chi connectivity index (χ3v) is 10.9. The fraction of sp³-hybridized carbons (Fsp3) is 0.400. The summed E-state index contributed by atoms with van der Waals surface area (Å²) >= 11 is 5.16. The molecule has 65 heavy (non-hydrogen) atoms. The molecule has 352 valence electrons. The molecule has 0 saturated carbocycles. The molecular weight excluding hydrogens is 910 g/mol. The van der Waals surface area contributed by atoms with E-state index in [1.165, 1.54) is 12.7 Å². The molecule has 4 unspecified atom stereocenters. The lowest BCUT2D eigenvalue weighted by molar-refractivity contribution is -0.151. The van der Waals surface area contributed by atoms with Crippen LogP contribution in [0.15, 0.2) is 86.0 Å². The highest BCUT2D eigenvalue weighted by Gasteiger charge is 2.29. The van der Waals surface area contributed by atoms with Crippen LogP contribution in [-0.4, -0.2) is 93.6 Å². The van der Waals surface area contributed by atoms with E-state index in [1.807, 2.05) is 0 Å². The van der Waals surface area contributed by atoms with Crippen LogP contribution in [-0.2, 0) is 55.3 Å². The summed E-state index contributed by atoms with van der Waals surface area (Å²) < 4.78 is 65.4. The van der Waals surface area contributed by atoms with Gasteiger partial charge < -0.3 is 53.5 Å².